The van der Waals surface area contributed by atoms with E-state index in [4.69, 9.17) is 0 Å². The van der Waals surface area contributed by atoms with Crippen molar-refractivity contribution in [3.8, 4) is 10.7 Å². The van der Waals surface area contributed by atoms with Crippen molar-refractivity contribution >= 4 is 17.2 Å². The predicted molar refractivity (Wildman–Crippen MR) is 98.4 cm³/mol. The molecule has 0 aromatic carbocycles. The fourth-order valence-corrected chi connectivity index (χ4v) is 3.61. The maximum Gasteiger partial charge on any atom is 0.234 e. The number of amides is 1. The summed E-state index contributed by atoms with van der Waals surface area (Å²) in [6.07, 6.45) is 6.87. The minimum absolute atomic E-state index is 0.0916. The monoisotopic (exact) mass is 360 g/mol. The van der Waals surface area contributed by atoms with Gasteiger partial charge in [0, 0.05) is 43.8 Å². The van der Waals surface area contributed by atoms with E-state index in [1.807, 2.05) is 5.38 Å². The van der Waals surface area contributed by atoms with Gasteiger partial charge in [-0.1, -0.05) is 0 Å². The summed E-state index contributed by atoms with van der Waals surface area (Å²) in [5.74, 6) is 0.0916. The first-order valence-corrected chi connectivity index (χ1v) is 9.47. The Morgan fingerprint density at radius 3 is 3.04 bits per heavy atom. The molecule has 3 rings (SSSR count). The van der Waals surface area contributed by atoms with Crippen molar-refractivity contribution in [2.45, 2.75) is 12.8 Å². The van der Waals surface area contributed by atoms with Crippen LogP contribution in [0.2, 0.25) is 0 Å². The van der Waals surface area contributed by atoms with Gasteiger partial charge >= 0.3 is 0 Å². The molecule has 7 nitrogen and oxygen atoms in total. The lowest BCUT2D eigenvalue weighted by Crippen LogP contribution is -2.39. The fourth-order valence-electron chi connectivity index (χ4n) is 2.80. The zero-order valence-electron chi connectivity index (χ0n) is 14.5. The Morgan fingerprint density at radius 2 is 2.20 bits per heavy atom. The molecule has 0 saturated carbocycles. The van der Waals surface area contributed by atoms with Crippen molar-refractivity contribution in [2.24, 2.45) is 0 Å². The number of carbonyl (C=O) groups is 1. The summed E-state index contributed by atoms with van der Waals surface area (Å²) in [5.41, 5.74) is 1.76. The van der Waals surface area contributed by atoms with Crippen molar-refractivity contribution < 1.29 is 4.79 Å². The van der Waals surface area contributed by atoms with E-state index >= 15 is 0 Å². The Labute approximate surface area is 152 Å². The smallest absolute Gasteiger partial charge is 0.234 e. The zero-order chi connectivity index (χ0) is 17.5. The molecule has 0 spiro atoms. The van der Waals surface area contributed by atoms with Crippen LogP contribution in [0.5, 0.6) is 0 Å². The summed E-state index contributed by atoms with van der Waals surface area (Å²) in [7, 11) is 2.13. The average Bonchev–Trinajstić information content (AvgIpc) is 3.00. The molecule has 0 atom stereocenters. The van der Waals surface area contributed by atoms with Crippen molar-refractivity contribution in [3.05, 3.63) is 29.7 Å². The molecule has 8 heteroatoms. The summed E-state index contributed by atoms with van der Waals surface area (Å²) < 4.78 is 0. The van der Waals surface area contributed by atoms with Crippen LogP contribution in [0.25, 0.3) is 10.7 Å². The highest BCUT2D eigenvalue weighted by molar-refractivity contribution is 7.13. The van der Waals surface area contributed by atoms with Gasteiger partial charge in [-0.3, -0.25) is 19.7 Å². The number of thiazole rings is 1. The number of hydrogen-bond acceptors (Lipinski definition) is 7. The molecule has 1 N–H and O–H groups in total. The second-order valence-electron chi connectivity index (χ2n) is 6.27. The van der Waals surface area contributed by atoms with E-state index < -0.39 is 0 Å². The fraction of sp³-hybridized carbons (Fsp3) is 0.529. The van der Waals surface area contributed by atoms with Gasteiger partial charge in [-0.05, 0) is 26.6 Å². The summed E-state index contributed by atoms with van der Waals surface area (Å²) in [6.45, 7) is 5.17. The standard InChI is InChI=1S/C17H24N6OS/c1-22-7-2-8-23(10-9-22)12-16(24)20-4-3-14-13-25-17(21-14)15-11-18-5-6-19-15/h5-6,11,13H,2-4,7-10,12H2,1H3,(H,20,24). The molecule has 1 aliphatic rings. The van der Waals surface area contributed by atoms with E-state index in [0.29, 0.717) is 13.1 Å². The first kappa shape index (κ1) is 17.9. The zero-order valence-corrected chi connectivity index (χ0v) is 15.3. The Hall–Kier alpha value is -1.90. The highest BCUT2D eigenvalue weighted by atomic mass is 32.1. The average molecular weight is 360 g/mol. The van der Waals surface area contributed by atoms with Crippen LogP contribution < -0.4 is 5.32 Å². The SMILES string of the molecule is CN1CCCN(CC(=O)NCCc2csc(-c3cnccn3)n2)CC1. The molecule has 134 valence electrons. The molecule has 0 bridgehead atoms. The lowest BCUT2D eigenvalue weighted by molar-refractivity contribution is -0.122. The largest absolute Gasteiger partial charge is 0.355 e. The molecule has 2 aromatic heterocycles. The van der Waals surface area contributed by atoms with E-state index in [1.54, 1.807) is 29.9 Å². The van der Waals surface area contributed by atoms with E-state index in [-0.39, 0.29) is 5.91 Å². The Morgan fingerprint density at radius 1 is 1.28 bits per heavy atom. The number of rotatable bonds is 6. The molecule has 1 amide bonds. The summed E-state index contributed by atoms with van der Waals surface area (Å²) >= 11 is 1.55. The third-order valence-electron chi connectivity index (χ3n) is 4.22. The van der Waals surface area contributed by atoms with Gasteiger partial charge in [0.05, 0.1) is 18.4 Å². The van der Waals surface area contributed by atoms with Crippen LogP contribution in [-0.4, -0.2) is 77.0 Å². The van der Waals surface area contributed by atoms with Crippen molar-refractivity contribution in [1.29, 1.82) is 0 Å². The van der Waals surface area contributed by atoms with E-state index in [9.17, 15) is 4.79 Å². The number of nitrogens with one attached hydrogen (secondary N) is 1. The number of hydrogen-bond donors (Lipinski definition) is 1. The summed E-state index contributed by atoms with van der Waals surface area (Å²) in [4.78, 5) is 29.5. The summed E-state index contributed by atoms with van der Waals surface area (Å²) in [5, 5.41) is 5.88. The number of likely N-dealkylation sites (N-methyl/N-ethyl adjacent to an activating group) is 1. The van der Waals surface area contributed by atoms with Gasteiger partial charge in [0.25, 0.3) is 0 Å². The first-order chi connectivity index (χ1) is 12.2. The van der Waals surface area contributed by atoms with Crippen LogP contribution in [0.15, 0.2) is 24.0 Å². The quantitative estimate of drug-likeness (QED) is 0.825. The lowest BCUT2D eigenvalue weighted by atomic mass is 10.3. The Kier molecular flexibility index (Phi) is 6.43. The second-order valence-corrected chi connectivity index (χ2v) is 7.13. The Balaban J connectivity index is 1.41. The van der Waals surface area contributed by atoms with Gasteiger partial charge < -0.3 is 10.2 Å². The molecule has 0 radical (unpaired) electrons. The van der Waals surface area contributed by atoms with E-state index in [0.717, 1.165) is 55.4 Å². The number of nitrogens with zero attached hydrogens (tertiary/aromatic N) is 5. The molecule has 1 aliphatic heterocycles. The normalized spacial score (nSPS) is 16.5. The molecule has 0 unspecified atom stereocenters. The molecular weight excluding hydrogens is 336 g/mol. The maximum absolute atomic E-state index is 12.1. The molecule has 2 aromatic rings. The molecule has 25 heavy (non-hydrogen) atoms. The molecular formula is C17H24N6OS. The maximum atomic E-state index is 12.1. The van der Waals surface area contributed by atoms with Crippen LogP contribution in [0, 0.1) is 0 Å². The van der Waals surface area contributed by atoms with Crippen molar-refractivity contribution in [1.82, 2.24) is 30.1 Å². The topological polar surface area (TPSA) is 74.2 Å². The van der Waals surface area contributed by atoms with E-state index in [1.165, 1.54) is 0 Å². The minimum Gasteiger partial charge on any atom is -0.355 e. The number of carbonyl (C=O) groups excluding carboxylic acids is 1. The van der Waals surface area contributed by atoms with Crippen molar-refractivity contribution in [2.75, 3.05) is 46.3 Å². The van der Waals surface area contributed by atoms with Crippen LogP contribution in [0.3, 0.4) is 0 Å². The minimum atomic E-state index is 0.0916. The summed E-state index contributed by atoms with van der Waals surface area (Å²) in [6, 6.07) is 0. The Bertz CT molecular complexity index is 677. The van der Waals surface area contributed by atoms with Crippen LogP contribution >= 0.6 is 11.3 Å². The highest BCUT2D eigenvalue weighted by Gasteiger charge is 2.15. The van der Waals surface area contributed by atoms with Gasteiger partial charge in [0.2, 0.25) is 5.91 Å². The van der Waals surface area contributed by atoms with Crippen molar-refractivity contribution in [3.63, 3.8) is 0 Å². The second kappa shape index (κ2) is 8.98. The van der Waals surface area contributed by atoms with Gasteiger partial charge in [-0.15, -0.1) is 11.3 Å². The van der Waals surface area contributed by atoms with E-state index in [2.05, 4.69) is 37.1 Å². The molecule has 1 fully saturated rings. The van der Waals surface area contributed by atoms with Crippen LogP contribution in [0.1, 0.15) is 12.1 Å². The third-order valence-corrected chi connectivity index (χ3v) is 5.13. The molecule has 3 heterocycles. The number of aromatic nitrogens is 3. The molecule has 0 aliphatic carbocycles. The van der Waals surface area contributed by atoms with Crippen LogP contribution in [-0.2, 0) is 11.2 Å². The van der Waals surface area contributed by atoms with Crippen LogP contribution in [0.4, 0.5) is 0 Å². The van der Waals surface area contributed by atoms with Gasteiger partial charge in [0.15, 0.2) is 0 Å². The molecule has 1 saturated heterocycles. The predicted octanol–water partition coefficient (Wildman–Crippen LogP) is 0.896. The lowest BCUT2D eigenvalue weighted by Gasteiger charge is -2.19. The van der Waals surface area contributed by atoms with Gasteiger partial charge in [-0.2, -0.15) is 0 Å². The van der Waals surface area contributed by atoms with Gasteiger partial charge in [-0.25, -0.2) is 4.98 Å². The first-order valence-electron chi connectivity index (χ1n) is 8.59. The third kappa shape index (κ3) is 5.55. The van der Waals surface area contributed by atoms with Gasteiger partial charge in [0.1, 0.15) is 10.7 Å². The highest BCUT2D eigenvalue weighted by Crippen LogP contribution is 2.20.